The molecule has 0 saturated carbocycles. The van der Waals surface area contributed by atoms with E-state index in [1.807, 2.05) is 20.9 Å². The van der Waals surface area contributed by atoms with Crippen molar-refractivity contribution in [2.75, 3.05) is 0 Å². The molecule has 0 unspecified atom stereocenters. The lowest BCUT2D eigenvalue weighted by atomic mass is 10.2. The van der Waals surface area contributed by atoms with Crippen LogP contribution in [0.3, 0.4) is 0 Å². The fourth-order valence-corrected chi connectivity index (χ4v) is 2.66. The minimum Gasteiger partial charge on any atom is -0.479 e. The van der Waals surface area contributed by atoms with E-state index in [-0.39, 0.29) is 5.91 Å². The van der Waals surface area contributed by atoms with Crippen LogP contribution in [0.1, 0.15) is 23.9 Å². The number of nitrogens with one attached hydrogen (secondary N) is 1. The van der Waals surface area contributed by atoms with E-state index in [4.69, 9.17) is 27.9 Å². The number of carbonyl (C=O) groups is 1. The quantitative estimate of drug-likeness (QED) is 0.893. The van der Waals surface area contributed by atoms with Crippen LogP contribution < -0.4 is 10.1 Å². The summed E-state index contributed by atoms with van der Waals surface area (Å²) in [5.41, 5.74) is 2.94. The molecule has 2 aromatic rings. The third-order valence-corrected chi connectivity index (χ3v) is 4.20. The second-order valence-corrected chi connectivity index (χ2v) is 6.17. The van der Waals surface area contributed by atoms with Crippen LogP contribution in [-0.4, -0.2) is 21.8 Å². The first-order valence-electron chi connectivity index (χ1n) is 7.18. The van der Waals surface area contributed by atoms with Crippen LogP contribution in [-0.2, 0) is 18.4 Å². The minimum absolute atomic E-state index is 0.223. The Hall–Kier alpha value is -1.72. The summed E-state index contributed by atoms with van der Waals surface area (Å²) in [4.78, 5) is 12.2. The van der Waals surface area contributed by atoms with Gasteiger partial charge < -0.3 is 10.1 Å². The molecule has 0 bridgehead atoms. The standard InChI is InChI=1S/C16H19Cl2N3O2/c1-9-13(10(2)21(4)20-9)8-19-16(22)11(3)23-15-6-5-12(17)7-14(15)18/h5-7,11H,8H2,1-4H3,(H,19,22)/t11-/m1/s1. The summed E-state index contributed by atoms with van der Waals surface area (Å²) in [7, 11) is 1.88. The van der Waals surface area contributed by atoms with Gasteiger partial charge in [-0.25, -0.2) is 0 Å². The van der Waals surface area contributed by atoms with Crippen molar-refractivity contribution in [3.8, 4) is 5.75 Å². The van der Waals surface area contributed by atoms with Crippen LogP contribution in [0.15, 0.2) is 18.2 Å². The number of hydrogen-bond acceptors (Lipinski definition) is 3. The van der Waals surface area contributed by atoms with Gasteiger partial charge in [-0.1, -0.05) is 23.2 Å². The molecule has 1 amide bonds. The van der Waals surface area contributed by atoms with Crippen LogP contribution in [0.4, 0.5) is 0 Å². The predicted octanol–water partition coefficient (Wildman–Crippen LogP) is 3.43. The SMILES string of the molecule is Cc1nn(C)c(C)c1CNC(=O)[C@@H](C)Oc1ccc(Cl)cc1Cl. The third kappa shape index (κ3) is 4.18. The second-order valence-electron chi connectivity index (χ2n) is 5.33. The maximum atomic E-state index is 12.2. The fraction of sp³-hybridized carbons (Fsp3) is 0.375. The molecule has 7 heteroatoms. The van der Waals surface area contributed by atoms with Gasteiger partial charge in [0, 0.05) is 29.9 Å². The van der Waals surface area contributed by atoms with Crippen LogP contribution in [0.2, 0.25) is 10.0 Å². The molecule has 0 spiro atoms. The monoisotopic (exact) mass is 355 g/mol. The number of benzene rings is 1. The average molecular weight is 356 g/mol. The van der Waals surface area contributed by atoms with Crippen molar-refractivity contribution in [3.05, 3.63) is 45.2 Å². The Balaban J connectivity index is 1.97. The van der Waals surface area contributed by atoms with Crippen molar-refractivity contribution in [1.29, 1.82) is 0 Å². The molecule has 0 aliphatic rings. The molecular formula is C16H19Cl2N3O2. The maximum Gasteiger partial charge on any atom is 0.261 e. The Morgan fingerprint density at radius 3 is 2.65 bits per heavy atom. The number of nitrogens with zero attached hydrogens (tertiary/aromatic N) is 2. The van der Waals surface area contributed by atoms with Gasteiger partial charge >= 0.3 is 0 Å². The van der Waals surface area contributed by atoms with E-state index < -0.39 is 6.10 Å². The van der Waals surface area contributed by atoms with Gasteiger partial charge in [0.05, 0.1) is 10.7 Å². The number of rotatable bonds is 5. The Morgan fingerprint density at radius 1 is 1.39 bits per heavy atom. The van der Waals surface area contributed by atoms with Gasteiger partial charge in [0.1, 0.15) is 5.75 Å². The molecule has 5 nitrogen and oxygen atoms in total. The van der Waals surface area contributed by atoms with Crippen LogP contribution >= 0.6 is 23.2 Å². The molecule has 2 rings (SSSR count). The first kappa shape index (κ1) is 17.6. The summed E-state index contributed by atoms with van der Waals surface area (Å²) in [6.45, 7) is 5.96. The van der Waals surface area contributed by atoms with Crippen molar-refractivity contribution >= 4 is 29.1 Å². The van der Waals surface area contributed by atoms with Gasteiger partial charge in [-0.2, -0.15) is 5.10 Å². The maximum absolute atomic E-state index is 12.2. The number of aromatic nitrogens is 2. The van der Waals surface area contributed by atoms with E-state index in [1.54, 1.807) is 29.8 Å². The normalized spacial score (nSPS) is 12.1. The third-order valence-electron chi connectivity index (χ3n) is 3.67. The zero-order chi connectivity index (χ0) is 17.1. The van der Waals surface area contributed by atoms with Crippen molar-refractivity contribution in [2.45, 2.75) is 33.4 Å². The minimum atomic E-state index is -0.675. The zero-order valence-corrected chi connectivity index (χ0v) is 15.0. The Morgan fingerprint density at radius 2 is 2.09 bits per heavy atom. The lowest BCUT2D eigenvalue weighted by Crippen LogP contribution is -2.36. The van der Waals surface area contributed by atoms with Gasteiger partial charge in [-0.15, -0.1) is 0 Å². The van der Waals surface area contributed by atoms with Crippen molar-refractivity contribution < 1.29 is 9.53 Å². The summed E-state index contributed by atoms with van der Waals surface area (Å²) in [6.07, 6.45) is -0.675. The summed E-state index contributed by atoms with van der Waals surface area (Å²) >= 11 is 11.9. The number of hydrogen-bond donors (Lipinski definition) is 1. The molecule has 124 valence electrons. The second kappa shape index (κ2) is 7.23. The van der Waals surface area contributed by atoms with E-state index in [1.165, 1.54) is 0 Å². The van der Waals surface area contributed by atoms with Crippen LogP contribution in [0.5, 0.6) is 5.75 Å². The first-order valence-corrected chi connectivity index (χ1v) is 7.93. The highest BCUT2D eigenvalue weighted by Crippen LogP contribution is 2.28. The van der Waals surface area contributed by atoms with Crippen molar-refractivity contribution in [3.63, 3.8) is 0 Å². The van der Waals surface area contributed by atoms with E-state index in [0.29, 0.717) is 22.3 Å². The fourth-order valence-electron chi connectivity index (χ4n) is 2.21. The molecule has 1 N–H and O–H groups in total. The number of ether oxygens (including phenoxy) is 1. The highest BCUT2D eigenvalue weighted by molar-refractivity contribution is 6.35. The van der Waals surface area contributed by atoms with E-state index in [2.05, 4.69) is 10.4 Å². The van der Waals surface area contributed by atoms with Crippen molar-refractivity contribution in [2.24, 2.45) is 7.05 Å². The lowest BCUT2D eigenvalue weighted by Gasteiger charge is -2.16. The smallest absolute Gasteiger partial charge is 0.261 e. The zero-order valence-electron chi connectivity index (χ0n) is 13.5. The van der Waals surface area contributed by atoms with E-state index in [0.717, 1.165) is 17.0 Å². The largest absolute Gasteiger partial charge is 0.479 e. The number of amides is 1. The van der Waals surface area contributed by atoms with Gasteiger partial charge in [0.15, 0.2) is 6.10 Å². The molecule has 1 aromatic carbocycles. The Bertz CT molecular complexity index is 728. The first-order chi connectivity index (χ1) is 10.8. The molecule has 1 aromatic heterocycles. The Labute approximate surface area is 145 Å². The highest BCUT2D eigenvalue weighted by atomic mass is 35.5. The Kier molecular flexibility index (Phi) is 5.55. The molecule has 0 radical (unpaired) electrons. The topological polar surface area (TPSA) is 56.2 Å². The molecule has 1 atom stereocenters. The summed E-state index contributed by atoms with van der Waals surface area (Å²) in [6, 6.07) is 4.88. The molecule has 0 fully saturated rings. The van der Waals surface area contributed by atoms with E-state index >= 15 is 0 Å². The highest BCUT2D eigenvalue weighted by Gasteiger charge is 2.17. The number of carbonyl (C=O) groups excluding carboxylic acids is 1. The molecule has 23 heavy (non-hydrogen) atoms. The predicted molar refractivity (Wildman–Crippen MR) is 91.1 cm³/mol. The van der Waals surface area contributed by atoms with Gasteiger partial charge in [0.2, 0.25) is 0 Å². The van der Waals surface area contributed by atoms with Gasteiger partial charge in [-0.3, -0.25) is 9.48 Å². The van der Waals surface area contributed by atoms with Gasteiger partial charge in [0.25, 0.3) is 5.91 Å². The molecule has 0 saturated heterocycles. The number of halogens is 2. The summed E-state index contributed by atoms with van der Waals surface area (Å²) in [5.74, 6) is 0.200. The summed E-state index contributed by atoms with van der Waals surface area (Å²) < 4.78 is 7.39. The molecule has 0 aliphatic carbocycles. The molecular weight excluding hydrogens is 337 g/mol. The average Bonchev–Trinajstić information content (AvgIpc) is 2.72. The molecule has 1 heterocycles. The number of aryl methyl sites for hydroxylation is 2. The van der Waals surface area contributed by atoms with Crippen LogP contribution in [0.25, 0.3) is 0 Å². The van der Waals surface area contributed by atoms with E-state index in [9.17, 15) is 4.79 Å². The van der Waals surface area contributed by atoms with Crippen LogP contribution in [0, 0.1) is 13.8 Å². The molecule has 0 aliphatic heterocycles. The summed E-state index contributed by atoms with van der Waals surface area (Å²) in [5, 5.41) is 8.07. The van der Waals surface area contributed by atoms with Gasteiger partial charge in [-0.05, 0) is 39.0 Å². The lowest BCUT2D eigenvalue weighted by molar-refractivity contribution is -0.127. The van der Waals surface area contributed by atoms with Crippen molar-refractivity contribution in [1.82, 2.24) is 15.1 Å².